The average Bonchev–Trinajstić information content (AvgIpc) is 3.01. The number of hydrogen-bond acceptors (Lipinski definition) is 5. The number of imide groups is 2. The minimum Gasteiger partial charge on any atom is -0.368 e. The predicted octanol–water partition coefficient (Wildman–Crippen LogP) is 2.75. The van der Waals surface area contributed by atoms with E-state index in [2.05, 4.69) is 4.90 Å². The van der Waals surface area contributed by atoms with Crippen molar-refractivity contribution in [1.82, 2.24) is 14.7 Å². The summed E-state index contributed by atoms with van der Waals surface area (Å²) in [5.41, 5.74) is 0.472. The van der Waals surface area contributed by atoms with Gasteiger partial charge in [0.1, 0.15) is 6.54 Å². The molecule has 6 aliphatic rings. The van der Waals surface area contributed by atoms with Gasteiger partial charge >= 0.3 is 17.8 Å². The van der Waals surface area contributed by atoms with Crippen LogP contribution >= 0.6 is 11.6 Å². The second-order valence-electron chi connectivity index (χ2n) is 10.8. The van der Waals surface area contributed by atoms with Crippen molar-refractivity contribution in [2.24, 2.45) is 17.8 Å². The first-order valence-electron chi connectivity index (χ1n) is 12.3. The molecular formula is C25H29ClN4O4. The van der Waals surface area contributed by atoms with Crippen molar-refractivity contribution in [3.8, 4) is 0 Å². The van der Waals surface area contributed by atoms with Crippen molar-refractivity contribution >= 4 is 41.0 Å². The summed E-state index contributed by atoms with van der Waals surface area (Å²) < 4.78 is 0. The summed E-state index contributed by atoms with van der Waals surface area (Å²) in [7, 11) is 0. The van der Waals surface area contributed by atoms with E-state index in [4.69, 9.17) is 11.6 Å². The number of piperazine rings is 1. The lowest BCUT2D eigenvalue weighted by atomic mass is 9.52. The molecule has 1 aromatic rings. The maximum Gasteiger partial charge on any atom is 0.335 e. The highest BCUT2D eigenvalue weighted by molar-refractivity contribution is 6.45. The summed E-state index contributed by atoms with van der Waals surface area (Å²) in [6.07, 6.45) is 5.93. The first-order valence-corrected chi connectivity index (χ1v) is 12.7. The first kappa shape index (κ1) is 21.9. The number of hydrogen-bond donors (Lipinski definition) is 0. The molecule has 0 atom stereocenters. The van der Waals surface area contributed by atoms with Crippen LogP contribution in [0, 0.1) is 17.8 Å². The number of benzene rings is 1. The summed E-state index contributed by atoms with van der Waals surface area (Å²) in [4.78, 5) is 58.1. The Morgan fingerprint density at radius 3 is 2.12 bits per heavy atom. The van der Waals surface area contributed by atoms with Crippen molar-refractivity contribution in [3.63, 3.8) is 0 Å². The van der Waals surface area contributed by atoms with E-state index in [1.54, 1.807) is 4.90 Å². The van der Waals surface area contributed by atoms with Crippen LogP contribution in [-0.4, -0.2) is 76.7 Å². The standard InChI is InChI=1S/C25H29ClN4O4/c26-19-2-1-3-20(11-19)27-4-6-28(7-5-27)21(31)15-29-22(32)23(33)30(24(29)34)25-12-16-8-17(13-25)10-18(9-16)14-25/h1-3,11,16-18H,4-10,12-15H2. The number of carbonyl (C=O) groups excluding carboxylic acids is 4. The van der Waals surface area contributed by atoms with E-state index >= 15 is 0 Å². The smallest absolute Gasteiger partial charge is 0.335 e. The highest BCUT2D eigenvalue weighted by Crippen LogP contribution is 2.58. The molecule has 4 bridgehead atoms. The molecule has 0 unspecified atom stereocenters. The van der Waals surface area contributed by atoms with Crippen molar-refractivity contribution in [2.75, 3.05) is 37.6 Å². The van der Waals surface area contributed by atoms with Crippen molar-refractivity contribution in [1.29, 1.82) is 0 Å². The van der Waals surface area contributed by atoms with Crippen LogP contribution in [0.1, 0.15) is 38.5 Å². The van der Waals surface area contributed by atoms with Gasteiger partial charge in [0, 0.05) is 36.9 Å². The molecule has 180 valence electrons. The van der Waals surface area contributed by atoms with Crippen molar-refractivity contribution in [2.45, 2.75) is 44.1 Å². The number of anilines is 1. The van der Waals surface area contributed by atoms with Crippen LogP contribution in [0.5, 0.6) is 0 Å². The Morgan fingerprint density at radius 2 is 1.53 bits per heavy atom. The minimum absolute atomic E-state index is 0.299. The zero-order valence-electron chi connectivity index (χ0n) is 19.1. The molecule has 34 heavy (non-hydrogen) atoms. The molecule has 2 heterocycles. The molecule has 1 aromatic carbocycles. The molecule has 4 saturated carbocycles. The van der Waals surface area contributed by atoms with Gasteiger partial charge in [0.15, 0.2) is 0 Å². The summed E-state index contributed by atoms with van der Waals surface area (Å²) in [6, 6.07) is 7.00. The summed E-state index contributed by atoms with van der Waals surface area (Å²) >= 11 is 6.10. The van der Waals surface area contributed by atoms with Crippen LogP contribution in [-0.2, 0) is 14.4 Å². The molecule has 0 N–H and O–H groups in total. The lowest BCUT2D eigenvalue weighted by Crippen LogP contribution is -2.62. The van der Waals surface area contributed by atoms with Gasteiger partial charge in [0.05, 0.1) is 5.54 Å². The Kier molecular flexibility index (Phi) is 5.13. The van der Waals surface area contributed by atoms with Crippen LogP contribution in [0.25, 0.3) is 0 Å². The molecular weight excluding hydrogens is 456 g/mol. The molecule has 2 aliphatic heterocycles. The van der Waals surface area contributed by atoms with Crippen LogP contribution in [0.2, 0.25) is 5.02 Å². The Bertz CT molecular complexity index is 1030. The fourth-order valence-corrected chi connectivity index (χ4v) is 7.71. The molecule has 4 aliphatic carbocycles. The third-order valence-corrected chi connectivity index (χ3v) is 8.87. The maximum absolute atomic E-state index is 13.3. The highest BCUT2D eigenvalue weighted by Gasteiger charge is 2.61. The maximum atomic E-state index is 13.3. The molecule has 2 saturated heterocycles. The van der Waals surface area contributed by atoms with Gasteiger partial charge in [0.25, 0.3) is 0 Å². The normalized spacial score (nSPS) is 32.9. The molecule has 0 aromatic heterocycles. The Morgan fingerprint density at radius 1 is 0.912 bits per heavy atom. The summed E-state index contributed by atoms with van der Waals surface area (Å²) in [5, 5.41) is 0.662. The third kappa shape index (κ3) is 3.49. The van der Waals surface area contributed by atoms with Gasteiger partial charge in [-0.2, -0.15) is 0 Å². The predicted molar refractivity (Wildman–Crippen MR) is 125 cm³/mol. The molecule has 9 heteroatoms. The molecule has 0 spiro atoms. The van der Waals surface area contributed by atoms with E-state index in [0.29, 0.717) is 49.0 Å². The SMILES string of the molecule is O=C(CN1C(=O)C(=O)N(C23CC4CC(CC(C4)C2)C3)C1=O)N1CCN(c2cccc(Cl)c2)CC1. The summed E-state index contributed by atoms with van der Waals surface area (Å²) in [6.45, 7) is 1.85. The monoisotopic (exact) mass is 484 g/mol. The van der Waals surface area contributed by atoms with Crippen molar-refractivity contribution in [3.05, 3.63) is 29.3 Å². The van der Waals surface area contributed by atoms with E-state index in [0.717, 1.165) is 29.8 Å². The quantitative estimate of drug-likeness (QED) is 0.485. The number of carbonyl (C=O) groups is 4. The molecule has 8 nitrogen and oxygen atoms in total. The van der Waals surface area contributed by atoms with E-state index in [9.17, 15) is 19.2 Å². The number of rotatable bonds is 4. The van der Waals surface area contributed by atoms with E-state index < -0.39 is 23.4 Å². The number of nitrogens with zero attached hydrogens (tertiary/aromatic N) is 4. The van der Waals surface area contributed by atoms with E-state index in [1.165, 1.54) is 24.2 Å². The van der Waals surface area contributed by atoms with Gasteiger partial charge in [-0.25, -0.2) is 14.6 Å². The highest BCUT2D eigenvalue weighted by atomic mass is 35.5. The topological polar surface area (TPSA) is 81.2 Å². The minimum atomic E-state index is -0.855. The second-order valence-corrected chi connectivity index (χ2v) is 11.2. The van der Waals surface area contributed by atoms with Crippen molar-refractivity contribution < 1.29 is 19.2 Å². The van der Waals surface area contributed by atoms with Crippen LogP contribution in [0.4, 0.5) is 10.5 Å². The van der Waals surface area contributed by atoms with Gasteiger partial charge in [-0.05, 0) is 74.5 Å². The lowest BCUT2D eigenvalue weighted by Gasteiger charge is -2.58. The van der Waals surface area contributed by atoms with Crippen LogP contribution < -0.4 is 4.90 Å². The van der Waals surface area contributed by atoms with E-state index in [1.807, 2.05) is 24.3 Å². The fourth-order valence-electron chi connectivity index (χ4n) is 7.52. The lowest BCUT2D eigenvalue weighted by molar-refractivity contribution is -0.150. The number of amides is 5. The molecule has 5 amide bonds. The van der Waals surface area contributed by atoms with Gasteiger partial charge in [-0.15, -0.1) is 0 Å². The number of halogens is 1. The Labute approximate surface area is 203 Å². The van der Waals surface area contributed by atoms with Gasteiger partial charge in [-0.3, -0.25) is 14.4 Å². The fraction of sp³-hybridized carbons (Fsp3) is 0.600. The van der Waals surface area contributed by atoms with Gasteiger partial charge in [0.2, 0.25) is 5.91 Å². The Hall–Kier alpha value is -2.61. The van der Waals surface area contributed by atoms with E-state index in [-0.39, 0.29) is 12.5 Å². The molecule has 7 rings (SSSR count). The number of urea groups is 1. The van der Waals surface area contributed by atoms with Crippen LogP contribution in [0.15, 0.2) is 24.3 Å². The molecule has 6 fully saturated rings. The zero-order chi connectivity index (χ0) is 23.6. The second kappa shape index (κ2) is 7.97. The van der Waals surface area contributed by atoms with Crippen LogP contribution in [0.3, 0.4) is 0 Å². The summed E-state index contributed by atoms with van der Waals surface area (Å²) in [5.74, 6) is -0.292. The largest absolute Gasteiger partial charge is 0.368 e. The Balaban J connectivity index is 1.12. The zero-order valence-corrected chi connectivity index (χ0v) is 19.9. The molecule has 0 radical (unpaired) electrons. The van der Waals surface area contributed by atoms with Gasteiger partial charge in [-0.1, -0.05) is 17.7 Å². The van der Waals surface area contributed by atoms with Gasteiger partial charge < -0.3 is 9.80 Å². The first-order chi connectivity index (χ1) is 16.3. The third-order valence-electron chi connectivity index (χ3n) is 8.63. The average molecular weight is 485 g/mol.